The van der Waals surface area contributed by atoms with E-state index in [1.54, 1.807) is 0 Å². The van der Waals surface area contributed by atoms with E-state index in [1.807, 2.05) is 4.90 Å². The molecule has 21 heavy (non-hydrogen) atoms. The second-order valence-corrected chi connectivity index (χ2v) is 7.04. The molecule has 5 heteroatoms. The summed E-state index contributed by atoms with van der Waals surface area (Å²) in [5.41, 5.74) is 5.81. The largest absolute Gasteiger partial charge is 0.381 e. The third-order valence-electron chi connectivity index (χ3n) is 5.37. The van der Waals surface area contributed by atoms with Gasteiger partial charge in [0, 0.05) is 39.3 Å². The highest BCUT2D eigenvalue weighted by Crippen LogP contribution is 2.28. The Morgan fingerprint density at radius 2 is 1.86 bits per heavy atom. The van der Waals surface area contributed by atoms with Gasteiger partial charge in [-0.2, -0.15) is 0 Å². The molecule has 3 aliphatic rings. The predicted octanol–water partition coefficient (Wildman–Crippen LogP) is 0.829. The summed E-state index contributed by atoms with van der Waals surface area (Å²) in [6, 6.07) is 0. The number of hydrogen-bond acceptors (Lipinski definition) is 4. The van der Waals surface area contributed by atoms with Gasteiger partial charge in [0.1, 0.15) is 0 Å². The van der Waals surface area contributed by atoms with Crippen molar-refractivity contribution in [3.05, 3.63) is 0 Å². The summed E-state index contributed by atoms with van der Waals surface area (Å²) in [6.07, 6.45) is 6.35. The van der Waals surface area contributed by atoms with Crippen LogP contribution in [0.3, 0.4) is 0 Å². The van der Waals surface area contributed by atoms with Gasteiger partial charge in [0.25, 0.3) is 0 Å². The van der Waals surface area contributed by atoms with Gasteiger partial charge in [0.15, 0.2) is 0 Å². The Balaban J connectivity index is 1.47. The molecule has 3 fully saturated rings. The average molecular weight is 295 g/mol. The number of carbonyl (C=O) groups is 1. The van der Waals surface area contributed by atoms with Gasteiger partial charge in [-0.1, -0.05) is 19.3 Å². The van der Waals surface area contributed by atoms with Gasteiger partial charge in [-0.3, -0.25) is 9.69 Å². The first-order valence-electron chi connectivity index (χ1n) is 8.56. The van der Waals surface area contributed by atoms with Crippen LogP contribution in [-0.2, 0) is 9.53 Å². The molecule has 1 saturated carbocycles. The first-order chi connectivity index (χ1) is 10.2. The van der Waals surface area contributed by atoms with Crippen molar-refractivity contribution in [1.29, 1.82) is 0 Å². The van der Waals surface area contributed by atoms with Gasteiger partial charge in [0.2, 0.25) is 5.91 Å². The Bertz CT molecular complexity index is 355. The van der Waals surface area contributed by atoms with Crippen LogP contribution in [0, 0.1) is 5.92 Å². The quantitative estimate of drug-likeness (QED) is 0.838. The van der Waals surface area contributed by atoms with Crippen molar-refractivity contribution in [3.8, 4) is 0 Å². The van der Waals surface area contributed by atoms with E-state index in [-0.39, 0.29) is 5.91 Å². The zero-order chi connectivity index (χ0) is 14.7. The van der Waals surface area contributed by atoms with Crippen LogP contribution in [0.2, 0.25) is 0 Å². The molecule has 2 saturated heterocycles. The van der Waals surface area contributed by atoms with E-state index < -0.39 is 5.54 Å². The highest BCUT2D eigenvalue weighted by Gasteiger charge is 2.39. The lowest BCUT2D eigenvalue weighted by Crippen LogP contribution is -2.60. The third-order valence-corrected chi connectivity index (χ3v) is 5.37. The van der Waals surface area contributed by atoms with Gasteiger partial charge < -0.3 is 15.4 Å². The van der Waals surface area contributed by atoms with Crippen LogP contribution in [0.1, 0.15) is 38.5 Å². The lowest BCUT2D eigenvalue weighted by Gasteiger charge is -2.41. The molecule has 0 aromatic rings. The minimum atomic E-state index is -0.570. The number of nitrogens with two attached hydrogens (primary N) is 1. The highest BCUT2D eigenvalue weighted by molar-refractivity contribution is 5.86. The smallest absolute Gasteiger partial charge is 0.242 e. The summed E-state index contributed by atoms with van der Waals surface area (Å²) in [5, 5.41) is 0. The summed E-state index contributed by atoms with van der Waals surface area (Å²) < 4.78 is 5.44. The van der Waals surface area contributed by atoms with E-state index in [4.69, 9.17) is 10.5 Å². The molecule has 2 heterocycles. The Hall–Kier alpha value is -0.650. The minimum absolute atomic E-state index is 0.200. The molecule has 2 aliphatic heterocycles. The number of ether oxygens (including phenoxy) is 1. The van der Waals surface area contributed by atoms with Gasteiger partial charge in [-0.15, -0.1) is 0 Å². The van der Waals surface area contributed by atoms with Crippen LogP contribution in [0.15, 0.2) is 0 Å². The molecule has 1 unspecified atom stereocenters. The van der Waals surface area contributed by atoms with Crippen molar-refractivity contribution in [3.63, 3.8) is 0 Å². The number of carbonyl (C=O) groups excluding carboxylic acids is 1. The van der Waals surface area contributed by atoms with Gasteiger partial charge in [-0.25, -0.2) is 0 Å². The number of piperazine rings is 1. The Morgan fingerprint density at radius 3 is 2.48 bits per heavy atom. The molecule has 1 amide bonds. The van der Waals surface area contributed by atoms with E-state index in [0.717, 1.165) is 71.6 Å². The summed E-state index contributed by atoms with van der Waals surface area (Å²) in [5.74, 6) is 0.887. The van der Waals surface area contributed by atoms with Crippen LogP contribution in [0.5, 0.6) is 0 Å². The zero-order valence-electron chi connectivity index (χ0n) is 13.1. The molecule has 0 aromatic heterocycles. The SMILES string of the molecule is NC1(C(=O)N2CCN(CC3CCOC3)CC2)CCCCC1. The van der Waals surface area contributed by atoms with Crippen molar-refractivity contribution in [1.82, 2.24) is 9.80 Å². The second kappa shape index (κ2) is 6.63. The number of rotatable bonds is 3. The van der Waals surface area contributed by atoms with E-state index in [2.05, 4.69) is 4.90 Å². The van der Waals surface area contributed by atoms with Gasteiger partial charge in [-0.05, 0) is 25.2 Å². The topological polar surface area (TPSA) is 58.8 Å². The van der Waals surface area contributed by atoms with E-state index in [0.29, 0.717) is 5.92 Å². The fraction of sp³-hybridized carbons (Fsp3) is 0.938. The zero-order valence-corrected chi connectivity index (χ0v) is 13.1. The summed E-state index contributed by atoms with van der Waals surface area (Å²) in [6.45, 7) is 6.59. The number of hydrogen-bond donors (Lipinski definition) is 1. The van der Waals surface area contributed by atoms with Crippen LogP contribution in [-0.4, -0.2) is 67.2 Å². The summed E-state index contributed by atoms with van der Waals surface area (Å²) in [7, 11) is 0. The highest BCUT2D eigenvalue weighted by atomic mass is 16.5. The monoisotopic (exact) mass is 295 g/mol. The molecule has 1 atom stereocenters. The molecule has 120 valence electrons. The average Bonchev–Trinajstić information content (AvgIpc) is 3.01. The Kier molecular flexibility index (Phi) is 4.82. The van der Waals surface area contributed by atoms with E-state index >= 15 is 0 Å². The lowest BCUT2D eigenvalue weighted by molar-refractivity contribution is -0.140. The molecule has 2 N–H and O–H groups in total. The van der Waals surface area contributed by atoms with Crippen molar-refractivity contribution in [2.45, 2.75) is 44.1 Å². The van der Waals surface area contributed by atoms with Crippen LogP contribution >= 0.6 is 0 Å². The van der Waals surface area contributed by atoms with Crippen molar-refractivity contribution in [2.24, 2.45) is 11.7 Å². The first kappa shape index (κ1) is 15.3. The maximum Gasteiger partial charge on any atom is 0.242 e. The standard InChI is InChI=1S/C16H29N3O2/c17-16(5-2-1-3-6-16)15(20)19-9-7-18(8-10-19)12-14-4-11-21-13-14/h14H,1-13,17H2. The molecule has 3 rings (SSSR count). The van der Waals surface area contributed by atoms with Crippen LogP contribution in [0.4, 0.5) is 0 Å². The van der Waals surface area contributed by atoms with Gasteiger partial charge in [0.05, 0.1) is 12.1 Å². The Labute approximate surface area is 127 Å². The number of nitrogens with zero attached hydrogens (tertiary/aromatic N) is 2. The fourth-order valence-corrected chi connectivity index (χ4v) is 3.94. The first-order valence-corrected chi connectivity index (χ1v) is 8.56. The minimum Gasteiger partial charge on any atom is -0.381 e. The predicted molar refractivity (Wildman–Crippen MR) is 81.9 cm³/mol. The molecule has 0 spiro atoms. The molecule has 0 aromatic carbocycles. The Morgan fingerprint density at radius 1 is 1.14 bits per heavy atom. The summed E-state index contributed by atoms with van der Waals surface area (Å²) in [4.78, 5) is 17.2. The second-order valence-electron chi connectivity index (χ2n) is 7.04. The summed E-state index contributed by atoms with van der Waals surface area (Å²) >= 11 is 0. The van der Waals surface area contributed by atoms with Crippen molar-refractivity contribution < 1.29 is 9.53 Å². The molecular weight excluding hydrogens is 266 g/mol. The third kappa shape index (κ3) is 3.58. The normalized spacial score (nSPS) is 30.5. The molecular formula is C16H29N3O2. The molecule has 0 bridgehead atoms. The maximum atomic E-state index is 12.7. The molecule has 1 aliphatic carbocycles. The van der Waals surface area contributed by atoms with Crippen molar-refractivity contribution in [2.75, 3.05) is 45.9 Å². The number of amides is 1. The maximum absolute atomic E-state index is 12.7. The van der Waals surface area contributed by atoms with E-state index in [9.17, 15) is 4.79 Å². The van der Waals surface area contributed by atoms with Crippen LogP contribution < -0.4 is 5.73 Å². The fourth-order valence-electron chi connectivity index (χ4n) is 3.94. The molecule has 0 radical (unpaired) electrons. The van der Waals surface area contributed by atoms with Crippen LogP contribution in [0.25, 0.3) is 0 Å². The van der Waals surface area contributed by atoms with Gasteiger partial charge >= 0.3 is 0 Å². The molecule has 5 nitrogen and oxygen atoms in total. The lowest BCUT2D eigenvalue weighted by atomic mass is 9.81. The van der Waals surface area contributed by atoms with E-state index in [1.165, 1.54) is 12.8 Å². The van der Waals surface area contributed by atoms with Crippen molar-refractivity contribution >= 4 is 5.91 Å².